The lowest BCUT2D eigenvalue weighted by atomic mass is 9.93. The fraction of sp³-hybridized carbons (Fsp3) is 0.385. The largest absolute Gasteiger partial charge is 0.508 e. The Kier molecular flexibility index (Phi) is 4.29. The summed E-state index contributed by atoms with van der Waals surface area (Å²) in [5.41, 5.74) is 6.29. The number of nitrogens with two attached hydrogens (primary N) is 1. The van der Waals surface area contributed by atoms with Crippen LogP contribution >= 0.6 is 12.2 Å². The molecule has 4 nitrogen and oxygen atoms in total. The second-order valence-electron chi connectivity index (χ2n) is 4.93. The van der Waals surface area contributed by atoms with Crippen LogP contribution in [-0.2, 0) is 0 Å². The highest BCUT2D eigenvalue weighted by atomic mass is 32.1. The summed E-state index contributed by atoms with van der Waals surface area (Å²) >= 11 is 4.92. The van der Waals surface area contributed by atoms with Crippen LogP contribution in [0.25, 0.3) is 0 Å². The number of carbonyl (C=O) groups excluding carboxylic acids is 1. The molecule has 0 radical (unpaired) electrons. The van der Waals surface area contributed by atoms with Crippen LogP contribution in [0, 0.1) is 12.3 Å². The molecule has 0 aliphatic carbocycles. The molecule has 1 rings (SSSR count). The predicted molar refractivity (Wildman–Crippen MR) is 75.7 cm³/mol. The molecule has 4 N–H and O–H groups in total. The molecule has 5 heteroatoms. The molecule has 0 aromatic heterocycles. The lowest BCUT2D eigenvalue weighted by molar-refractivity contribution is 0.0944. The molecule has 0 saturated heterocycles. The Morgan fingerprint density at radius 3 is 2.61 bits per heavy atom. The topological polar surface area (TPSA) is 75.4 Å². The monoisotopic (exact) mass is 266 g/mol. The van der Waals surface area contributed by atoms with Gasteiger partial charge in [0.1, 0.15) is 5.75 Å². The van der Waals surface area contributed by atoms with Gasteiger partial charge in [0.05, 0.1) is 4.99 Å². The van der Waals surface area contributed by atoms with Crippen molar-refractivity contribution in [3.8, 4) is 5.75 Å². The van der Waals surface area contributed by atoms with E-state index in [1.165, 1.54) is 6.07 Å². The van der Waals surface area contributed by atoms with E-state index in [2.05, 4.69) is 5.32 Å². The molecule has 0 aliphatic rings. The van der Waals surface area contributed by atoms with E-state index in [9.17, 15) is 9.90 Å². The fourth-order valence-corrected chi connectivity index (χ4v) is 1.31. The summed E-state index contributed by atoms with van der Waals surface area (Å²) in [7, 11) is 0. The SMILES string of the molecule is Cc1ccc(C(=O)NCC(C)(C)C(N)=S)cc1O. The van der Waals surface area contributed by atoms with Crippen molar-refractivity contribution >= 4 is 23.1 Å². The number of rotatable bonds is 4. The van der Waals surface area contributed by atoms with Gasteiger partial charge in [0, 0.05) is 17.5 Å². The molecule has 0 saturated carbocycles. The number of carbonyl (C=O) groups is 1. The van der Waals surface area contributed by atoms with Gasteiger partial charge >= 0.3 is 0 Å². The molecule has 18 heavy (non-hydrogen) atoms. The number of phenolic OH excluding ortho intramolecular Hbond substituents is 1. The molecule has 0 spiro atoms. The van der Waals surface area contributed by atoms with Crippen LogP contribution in [0.3, 0.4) is 0 Å². The van der Waals surface area contributed by atoms with E-state index in [4.69, 9.17) is 18.0 Å². The molecule has 0 aliphatic heterocycles. The summed E-state index contributed by atoms with van der Waals surface area (Å²) in [5, 5.41) is 12.3. The lowest BCUT2D eigenvalue weighted by Gasteiger charge is -2.23. The van der Waals surface area contributed by atoms with Crippen LogP contribution in [0.5, 0.6) is 5.75 Å². The summed E-state index contributed by atoms with van der Waals surface area (Å²) in [6.45, 7) is 5.85. The zero-order chi connectivity index (χ0) is 13.9. The number of benzene rings is 1. The van der Waals surface area contributed by atoms with Crippen molar-refractivity contribution in [1.29, 1.82) is 0 Å². The van der Waals surface area contributed by atoms with Gasteiger partial charge in [-0.05, 0) is 24.6 Å². The minimum absolute atomic E-state index is 0.108. The number of thiocarbonyl (C=S) groups is 1. The summed E-state index contributed by atoms with van der Waals surface area (Å²) in [4.78, 5) is 12.2. The van der Waals surface area contributed by atoms with E-state index in [-0.39, 0.29) is 11.7 Å². The minimum Gasteiger partial charge on any atom is -0.508 e. The Morgan fingerprint density at radius 2 is 2.11 bits per heavy atom. The third kappa shape index (κ3) is 3.43. The maximum atomic E-state index is 11.9. The number of phenols is 1. The highest BCUT2D eigenvalue weighted by molar-refractivity contribution is 7.80. The van der Waals surface area contributed by atoms with E-state index in [1.807, 2.05) is 13.8 Å². The van der Waals surface area contributed by atoms with E-state index in [1.54, 1.807) is 19.1 Å². The highest BCUT2D eigenvalue weighted by Crippen LogP contribution is 2.18. The van der Waals surface area contributed by atoms with Crippen molar-refractivity contribution in [2.75, 3.05) is 6.54 Å². The highest BCUT2D eigenvalue weighted by Gasteiger charge is 2.22. The molecule has 0 heterocycles. The molecule has 98 valence electrons. The average Bonchev–Trinajstić information content (AvgIpc) is 2.29. The molecule has 0 fully saturated rings. The zero-order valence-corrected chi connectivity index (χ0v) is 11.6. The third-order valence-corrected chi connectivity index (χ3v) is 3.38. The van der Waals surface area contributed by atoms with Crippen molar-refractivity contribution in [1.82, 2.24) is 5.32 Å². The molecule has 0 bridgehead atoms. The quantitative estimate of drug-likeness (QED) is 0.726. The van der Waals surface area contributed by atoms with E-state index < -0.39 is 5.41 Å². The number of hydrogen-bond acceptors (Lipinski definition) is 3. The van der Waals surface area contributed by atoms with Crippen LogP contribution in [0.2, 0.25) is 0 Å². The first kappa shape index (κ1) is 14.4. The van der Waals surface area contributed by atoms with E-state index in [0.29, 0.717) is 17.1 Å². The number of hydrogen-bond donors (Lipinski definition) is 3. The molecular formula is C13H18N2O2S. The van der Waals surface area contributed by atoms with Gasteiger partial charge < -0.3 is 16.2 Å². The Morgan fingerprint density at radius 1 is 1.50 bits per heavy atom. The van der Waals surface area contributed by atoms with Crippen LogP contribution in [0.4, 0.5) is 0 Å². The maximum Gasteiger partial charge on any atom is 0.251 e. The van der Waals surface area contributed by atoms with E-state index in [0.717, 1.165) is 5.56 Å². The first-order valence-electron chi connectivity index (χ1n) is 5.62. The first-order chi connectivity index (χ1) is 8.24. The summed E-state index contributed by atoms with van der Waals surface area (Å²) in [6.07, 6.45) is 0. The van der Waals surface area contributed by atoms with Crippen molar-refractivity contribution < 1.29 is 9.90 Å². The molecule has 0 atom stereocenters. The Hall–Kier alpha value is -1.62. The van der Waals surface area contributed by atoms with Crippen molar-refractivity contribution in [2.24, 2.45) is 11.1 Å². The van der Waals surface area contributed by atoms with Gasteiger partial charge in [-0.2, -0.15) is 0 Å². The Balaban J connectivity index is 2.72. The standard InChI is InChI=1S/C13H18N2O2S/c1-8-4-5-9(6-10(8)16)11(17)15-7-13(2,3)12(14)18/h4-6,16H,7H2,1-3H3,(H2,14,18)(H,15,17). The third-order valence-electron chi connectivity index (χ3n) is 2.83. The summed E-state index contributed by atoms with van der Waals surface area (Å²) in [5.74, 6) is -0.147. The van der Waals surface area contributed by atoms with Crippen LogP contribution in [0.15, 0.2) is 18.2 Å². The van der Waals surface area contributed by atoms with Gasteiger partial charge in [-0.3, -0.25) is 4.79 Å². The van der Waals surface area contributed by atoms with Crippen molar-refractivity contribution in [2.45, 2.75) is 20.8 Å². The van der Waals surface area contributed by atoms with Gasteiger partial charge in [-0.1, -0.05) is 32.1 Å². The smallest absolute Gasteiger partial charge is 0.251 e. The molecule has 1 aromatic rings. The van der Waals surface area contributed by atoms with Gasteiger partial charge in [-0.15, -0.1) is 0 Å². The predicted octanol–water partition coefficient (Wildman–Crippen LogP) is 1.74. The second kappa shape index (κ2) is 5.35. The van der Waals surface area contributed by atoms with Gasteiger partial charge in [0.2, 0.25) is 0 Å². The second-order valence-corrected chi connectivity index (χ2v) is 5.37. The van der Waals surface area contributed by atoms with Gasteiger partial charge in [0.25, 0.3) is 5.91 Å². The van der Waals surface area contributed by atoms with Crippen molar-refractivity contribution in [3.05, 3.63) is 29.3 Å². The maximum absolute atomic E-state index is 11.9. The van der Waals surface area contributed by atoms with Crippen LogP contribution < -0.4 is 11.1 Å². The lowest BCUT2D eigenvalue weighted by Crippen LogP contribution is -2.41. The fourth-order valence-electron chi connectivity index (χ4n) is 1.24. The molecule has 0 unspecified atom stereocenters. The average molecular weight is 266 g/mol. The number of aromatic hydroxyl groups is 1. The van der Waals surface area contributed by atoms with Crippen molar-refractivity contribution in [3.63, 3.8) is 0 Å². The van der Waals surface area contributed by atoms with Crippen LogP contribution in [0.1, 0.15) is 29.8 Å². The number of nitrogens with one attached hydrogen (secondary N) is 1. The summed E-state index contributed by atoms with van der Waals surface area (Å²) in [6, 6.07) is 4.81. The Labute approximate surface area is 112 Å². The van der Waals surface area contributed by atoms with E-state index >= 15 is 0 Å². The Bertz CT molecular complexity index is 484. The molecular weight excluding hydrogens is 248 g/mol. The molecule has 1 aromatic carbocycles. The number of amides is 1. The minimum atomic E-state index is -0.433. The normalized spacial score (nSPS) is 11.1. The summed E-state index contributed by atoms with van der Waals surface area (Å²) < 4.78 is 0. The van der Waals surface area contributed by atoms with Gasteiger partial charge in [0.15, 0.2) is 0 Å². The first-order valence-corrected chi connectivity index (χ1v) is 6.02. The van der Waals surface area contributed by atoms with Gasteiger partial charge in [-0.25, -0.2) is 0 Å². The van der Waals surface area contributed by atoms with Crippen LogP contribution in [-0.4, -0.2) is 22.5 Å². The number of aryl methyl sites for hydroxylation is 1. The molecule has 1 amide bonds. The zero-order valence-electron chi connectivity index (χ0n) is 10.8.